The van der Waals surface area contributed by atoms with E-state index in [4.69, 9.17) is 75.8 Å². The summed E-state index contributed by atoms with van der Waals surface area (Å²) in [6.45, 7) is 0. The second kappa shape index (κ2) is 33.0. The number of alkyl halides is 9. The number of aliphatic hydroxyl groups is 15. The minimum Gasteiger partial charge on any atom is -0.387 e. The minimum absolute atomic E-state index is 0.000492. The van der Waals surface area contributed by atoms with Gasteiger partial charge in [0.2, 0.25) is 0 Å². The van der Waals surface area contributed by atoms with E-state index in [-0.39, 0.29) is 42.6 Å². The smallest absolute Gasteiger partial charge is 0.187 e. The Morgan fingerprint density at radius 1 is 0.170 bits per heavy atom. The van der Waals surface area contributed by atoms with E-state index < -0.39 is 244 Å². The van der Waals surface area contributed by atoms with Gasteiger partial charge in [-0.3, -0.25) is 0 Å². The first-order valence-corrected chi connectivity index (χ1v) is 37.6. The van der Waals surface area contributed by atoms with E-state index in [1.807, 2.05) is 0 Å². The molecule has 512 valence electrons. The van der Waals surface area contributed by atoms with Gasteiger partial charge >= 0.3 is 0 Å². The third kappa shape index (κ3) is 15.5. The lowest BCUT2D eigenvalue weighted by molar-refractivity contribution is -0.393. The Labute approximate surface area is 577 Å². The normalized spacial score (nSPS) is 55.4. The molecular formula is C48H71Br9O31. The van der Waals surface area contributed by atoms with Crippen molar-refractivity contribution in [3.63, 3.8) is 0 Å². The Kier molecular flexibility index (Phi) is 28.3. The summed E-state index contributed by atoms with van der Waals surface area (Å²) in [5.41, 5.74) is 0. The molecule has 21 fully saturated rings. The summed E-state index contributed by atoms with van der Waals surface area (Å²) in [7, 11) is 0. The van der Waals surface area contributed by atoms with Crippen molar-refractivity contribution in [3.05, 3.63) is 0 Å². The van der Waals surface area contributed by atoms with Crippen molar-refractivity contribution < 1.29 is 152 Å². The fourth-order valence-electron chi connectivity index (χ4n) is 11.7. The van der Waals surface area contributed by atoms with Gasteiger partial charge in [-0.2, -0.15) is 0 Å². The topological polar surface area (TPSA) is 451 Å². The van der Waals surface area contributed by atoms with Crippen LogP contribution in [0.1, 0.15) is 0 Å². The van der Waals surface area contributed by atoms with Gasteiger partial charge < -0.3 is 152 Å². The molecule has 16 bridgehead atoms. The van der Waals surface area contributed by atoms with Gasteiger partial charge in [-0.05, 0) is 0 Å². The molecular weight excluding hydrogens is 1790 g/mol. The Morgan fingerprint density at radius 3 is 0.443 bits per heavy atom. The molecule has 15 N–H and O–H groups in total. The van der Waals surface area contributed by atoms with Crippen molar-refractivity contribution in [2.75, 3.05) is 42.6 Å². The van der Waals surface area contributed by atoms with Crippen LogP contribution in [0.4, 0.5) is 0 Å². The molecule has 0 amide bonds. The lowest BCUT2D eigenvalue weighted by Gasteiger charge is -2.51. The highest BCUT2D eigenvalue weighted by molar-refractivity contribution is 9.10. The van der Waals surface area contributed by atoms with E-state index in [0.29, 0.717) is 0 Å². The molecule has 21 saturated heterocycles. The number of ether oxygens (including phenoxy) is 16. The first-order chi connectivity index (χ1) is 41.9. The Morgan fingerprint density at radius 2 is 0.295 bits per heavy atom. The van der Waals surface area contributed by atoms with Gasteiger partial charge in [0, 0.05) is 42.6 Å². The monoisotopic (exact) mass is 1850 g/mol. The molecule has 21 aliphatic heterocycles. The molecule has 0 aliphatic carbocycles. The third-order valence-electron chi connectivity index (χ3n) is 16.6. The number of hydrogen-bond acceptors (Lipinski definition) is 31. The van der Waals surface area contributed by atoms with E-state index >= 15 is 0 Å². The Hall–Kier alpha value is 3.08. The second-order valence-electron chi connectivity index (χ2n) is 22.2. The average Bonchev–Trinajstić information content (AvgIpc) is 1.02. The van der Waals surface area contributed by atoms with E-state index in [0.717, 1.165) is 0 Å². The van der Waals surface area contributed by atoms with Gasteiger partial charge in [-0.15, -0.1) is 0 Å². The van der Waals surface area contributed by atoms with Gasteiger partial charge in [0.15, 0.2) is 50.3 Å². The summed E-state index contributed by atoms with van der Waals surface area (Å²) in [6.07, 6.45) is -63.5. The van der Waals surface area contributed by atoms with Crippen molar-refractivity contribution in [3.8, 4) is 0 Å². The summed E-state index contributed by atoms with van der Waals surface area (Å²) in [4.78, 5) is -1.10. The van der Waals surface area contributed by atoms with Gasteiger partial charge in [-0.1, -0.05) is 143 Å². The zero-order chi connectivity index (χ0) is 64.1. The molecule has 0 saturated carbocycles. The molecule has 40 heteroatoms. The number of hydrogen-bond donors (Lipinski definition) is 15. The van der Waals surface area contributed by atoms with Crippen LogP contribution in [0.2, 0.25) is 0 Å². The molecule has 40 atom stereocenters. The maximum Gasteiger partial charge on any atom is 0.187 e. The molecule has 21 heterocycles. The number of aliphatic hydroxyl groups excluding tert-OH is 15. The van der Waals surface area contributed by atoms with E-state index in [1.165, 1.54) is 0 Å². The van der Waals surface area contributed by atoms with E-state index in [9.17, 15) is 76.6 Å². The quantitative estimate of drug-likeness (QED) is 0.101. The zero-order valence-corrected chi connectivity index (χ0v) is 59.7. The maximum absolute atomic E-state index is 11.7. The van der Waals surface area contributed by atoms with E-state index in [2.05, 4.69) is 143 Å². The predicted octanol–water partition coefficient (Wildman–Crippen LogP) is -4.78. The van der Waals surface area contributed by atoms with Crippen molar-refractivity contribution in [2.45, 2.75) is 244 Å². The molecule has 0 unspecified atom stereocenters. The minimum atomic E-state index is -1.98. The van der Waals surface area contributed by atoms with Crippen LogP contribution in [-0.4, -0.2) is 364 Å². The maximum atomic E-state index is 11.7. The molecule has 88 heavy (non-hydrogen) atoms. The average molecular weight is 1860 g/mol. The molecule has 21 aliphatic rings. The first kappa shape index (κ1) is 75.3. The van der Waals surface area contributed by atoms with Crippen LogP contribution in [0.5, 0.6) is 0 Å². The van der Waals surface area contributed by atoms with Crippen LogP contribution < -0.4 is 0 Å². The lowest BCUT2D eigenvalue weighted by atomic mass is 9.95. The zero-order valence-electron chi connectivity index (χ0n) is 45.4. The Balaban J connectivity index is 0.975. The molecule has 0 radical (unpaired) electrons. The fourth-order valence-corrected chi connectivity index (χ4v) is 16.6. The van der Waals surface area contributed by atoms with Gasteiger partial charge in [-0.25, -0.2) is 0 Å². The standard InChI is InChI=1S/C48H71Br9O31/c49-1-9-33-17(57)18(58)41(73-9)82-34-10(2-50)75-43(27(67)20(34)60)84-36-12(4-52)77-45(29(69)22(36)62)86-38-14(6-54)79-47(31(71)24(38)64)88-40-16(8-56)80-48(32(72)25(40)65)87-39-15(7-55)78-46(30(70)23(39)63)85-37-13(5-53)76-44(28(68)21(37)61)83-35-11(3-51)74-42(81-33)26(66)19(35)59/h9-48,58-72H,1-8H2/t9-,10-,11-,12-,13-,14-,15-,16-,17-,18-,19-,20-,21-,22-,23-,24-,25-,26-,27-,28-,29-,30-,31-,32-,33-,34-,35-,36-,37-,38-,39-,40-,41-,42-,43-,44-,45-,46-,47-,48-/m0/s1. The van der Waals surface area contributed by atoms with Gasteiger partial charge in [0.05, 0.1) is 53.7 Å². The van der Waals surface area contributed by atoms with E-state index in [1.54, 1.807) is 0 Å². The van der Waals surface area contributed by atoms with Crippen molar-refractivity contribution in [2.24, 2.45) is 0 Å². The van der Waals surface area contributed by atoms with Gasteiger partial charge in [0.25, 0.3) is 0 Å². The van der Waals surface area contributed by atoms with Crippen LogP contribution in [0, 0.1) is 0 Å². The summed E-state index contributed by atoms with van der Waals surface area (Å²) >= 11 is 30.1. The SMILES string of the molecule is O[C@@H]1[C@@H]2O[C@@H]3[C@@H](O)[C@H](O)[C@H](O[C@@H]4[C@@H](O)[C@H](O)[C@H](O[C@@H]5[C@@H](O)[C@H](O)[C@H](O[C@@H]6[C@@H](Br)[C@H](O)[C@H](O[C@@H]7[C@@H](O)[C@H](O)[C@H](O[C@@H]8[C@@H](O)[C@H](O)[C@H](O[C@@H]9[C@@H](O)[C@H](O)[C@H](O[C@H]([C@H]1O)[C@H](CBr)O2)O[C@H]9CBr)O[C@H]8CBr)O[C@H]7CBr)O[C@H]6CBr)O[C@H]5CBr)O[C@H]4CBr)O[C@H]3CBr. The first-order valence-electron chi connectivity index (χ1n) is 27.7. The van der Waals surface area contributed by atoms with Crippen molar-refractivity contribution in [1.82, 2.24) is 0 Å². The molecule has 0 spiro atoms. The van der Waals surface area contributed by atoms with Crippen LogP contribution >= 0.6 is 143 Å². The summed E-state index contributed by atoms with van der Waals surface area (Å²) < 4.78 is 97.4. The van der Waals surface area contributed by atoms with Gasteiger partial charge in [0.1, 0.15) is 140 Å². The molecule has 0 aromatic heterocycles. The van der Waals surface area contributed by atoms with Crippen LogP contribution in [0.3, 0.4) is 0 Å². The van der Waals surface area contributed by atoms with Crippen LogP contribution in [0.15, 0.2) is 0 Å². The highest BCUT2D eigenvalue weighted by Crippen LogP contribution is 2.41. The number of halogens is 9. The highest BCUT2D eigenvalue weighted by Gasteiger charge is 2.60. The highest BCUT2D eigenvalue weighted by atomic mass is 79.9. The molecule has 0 aromatic carbocycles. The Bertz CT molecular complexity index is 1740. The molecule has 0 aromatic rings. The van der Waals surface area contributed by atoms with Crippen LogP contribution in [-0.2, 0) is 75.8 Å². The fraction of sp³-hybridized carbons (Fsp3) is 1.00. The van der Waals surface area contributed by atoms with Crippen LogP contribution in [0.25, 0.3) is 0 Å². The predicted molar refractivity (Wildman–Crippen MR) is 321 cm³/mol. The van der Waals surface area contributed by atoms with Crippen molar-refractivity contribution in [1.29, 1.82) is 0 Å². The summed E-state index contributed by atoms with van der Waals surface area (Å²) in [6, 6.07) is 0. The summed E-state index contributed by atoms with van der Waals surface area (Å²) in [5.74, 6) is 0. The summed E-state index contributed by atoms with van der Waals surface area (Å²) in [5, 5.41) is 173. The second-order valence-corrected chi connectivity index (χ2v) is 28.4. The largest absolute Gasteiger partial charge is 0.387 e. The third-order valence-corrected chi connectivity index (χ3v) is 22.8. The molecule has 31 nitrogen and oxygen atoms in total. The lowest BCUT2D eigenvalue weighted by Crippen LogP contribution is -2.68. The number of rotatable bonds is 8. The molecule has 21 rings (SSSR count). The van der Waals surface area contributed by atoms with Crippen molar-refractivity contribution >= 4 is 143 Å².